The van der Waals surface area contributed by atoms with Crippen LogP contribution < -0.4 is 5.73 Å². The molecule has 6 aromatic rings. The Morgan fingerprint density at radius 1 is 0.744 bits per heavy atom. The predicted octanol–water partition coefficient (Wildman–Crippen LogP) is 9.51. The van der Waals surface area contributed by atoms with Crippen molar-refractivity contribution >= 4 is 56.0 Å². The highest BCUT2D eigenvalue weighted by Gasteiger charge is 2.26. The number of nitrogens with zero attached hydrogens (tertiary/aromatic N) is 3. The molecule has 7 heteroatoms. The smallest absolute Gasteiger partial charge is 0.205 e. The molecule has 6 rings (SSSR count). The number of thiophene rings is 1. The average molecular weight is 545 g/mol. The summed E-state index contributed by atoms with van der Waals surface area (Å²) in [4.78, 5) is 19.7. The fourth-order valence-corrected chi connectivity index (χ4v) is 5.62. The molecule has 0 fully saturated rings. The van der Waals surface area contributed by atoms with Crippen LogP contribution in [-0.2, 0) is 0 Å². The van der Waals surface area contributed by atoms with Gasteiger partial charge in [-0.1, -0.05) is 103 Å². The van der Waals surface area contributed by atoms with Gasteiger partial charge in [0.1, 0.15) is 21.1 Å². The van der Waals surface area contributed by atoms with Crippen LogP contribution in [0.15, 0.2) is 125 Å². The first-order chi connectivity index (χ1) is 19.1. The van der Waals surface area contributed by atoms with Crippen LogP contribution in [0, 0.1) is 0 Å². The number of aromatic nitrogens is 1. The maximum absolute atomic E-state index is 13.5. The van der Waals surface area contributed by atoms with Crippen molar-refractivity contribution in [1.29, 1.82) is 0 Å². The first-order valence-corrected chi connectivity index (χ1v) is 13.4. The van der Waals surface area contributed by atoms with Crippen LogP contribution >= 0.6 is 22.9 Å². The first-order valence-electron chi connectivity index (χ1n) is 12.2. The van der Waals surface area contributed by atoms with Gasteiger partial charge in [-0.25, -0.2) is 4.98 Å². The van der Waals surface area contributed by atoms with Gasteiger partial charge in [0.2, 0.25) is 5.78 Å². The van der Waals surface area contributed by atoms with E-state index in [0.717, 1.165) is 16.7 Å². The Morgan fingerprint density at radius 2 is 1.33 bits per heavy atom. The zero-order valence-electron chi connectivity index (χ0n) is 20.6. The van der Waals surface area contributed by atoms with Gasteiger partial charge in [-0.2, -0.15) is 5.11 Å². The third-order valence-electron chi connectivity index (χ3n) is 6.30. The molecule has 0 radical (unpaired) electrons. The van der Waals surface area contributed by atoms with Gasteiger partial charge in [-0.15, -0.1) is 16.5 Å². The Balaban J connectivity index is 1.67. The number of fused-ring (bicyclic) bond motifs is 1. The number of hydrogen-bond acceptors (Lipinski definition) is 6. The van der Waals surface area contributed by atoms with Crippen LogP contribution in [0.3, 0.4) is 0 Å². The molecule has 0 aliphatic heterocycles. The number of azo groups is 1. The molecule has 0 atom stereocenters. The van der Waals surface area contributed by atoms with Gasteiger partial charge in [0.05, 0.1) is 11.4 Å². The molecule has 0 amide bonds. The summed E-state index contributed by atoms with van der Waals surface area (Å²) >= 11 is 7.37. The quantitative estimate of drug-likeness (QED) is 0.167. The molecule has 2 N–H and O–H groups in total. The maximum Gasteiger partial charge on any atom is 0.205 e. The number of benzene rings is 4. The number of nitrogens with two attached hydrogens (primary N) is 1. The van der Waals surface area contributed by atoms with E-state index in [1.807, 2.05) is 78.9 Å². The number of rotatable bonds is 6. The molecule has 0 unspecified atom stereocenters. The van der Waals surface area contributed by atoms with E-state index < -0.39 is 0 Å². The van der Waals surface area contributed by atoms with Gasteiger partial charge in [0.15, 0.2) is 0 Å². The molecule has 0 saturated heterocycles. The highest BCUT2D eigenvalue weighted by atomic mass is 35.5. The minimum absolute atomic E-state index is 0.138. The Hall–Kier alpha value is -4.65. The standard InChI is InChI=1S/C32H21ClN4OS/c33-23-16-18-24(19-17-23)36-37-29-25(20-10-4-1-5-11-20)26-27(34)31(30(38)22-14-8-3-9-15-22)39-32(26)35-28(29)21-12-6-2-7-13-21/h1-19H,34H2. The second-order valence-corrected chi connectivity index (χ2v) is 10.2. The number of hydrogen-bond donors (Lipinski definition) is 1. The molecule has 0 bridgehead atoms. The molecule has 5 nitrogen and oxygen atoms in total. The van der Waals surface area contributed by atoms with E-state index >= 15 is 0 Å². The molecule has 39 heavy (non-hydrogen) atoms. The summed E-state index contributed by atoms with van der Waals surface area (Å²) in [6.07, 6.45) is 0. The van der Waals surface area contributed by atoms with Gasteiger partial charge in [-0.3, -0.25) is 4.79 Å². The molecule has 2 heterocycles. The molecule has 188 valence electrons. The summed E-state index contributed by atoms with van der Waals surface area (Å²) in [5.41, 5.74) is 12.1. The highest BCUT2D eigenvalue weighted by Crippen LogP contribution is 2.48. The lowest BCUT2D eigenvalue weighted by molar-refractivity contribution is 0.104. The van der Waals surface area contributed by atoms with Crippen molar-refractivity contribution in [3.05, 3.63) is 131 Å². The second-order valence-electron chi connectivity index (χ2n) is 8.81. The van der Waals surface area contributed by atoms with Crippen LogP contribution in [0.4, 0.5) is 17.1 Å². The summed E-state index contributed by atoms with van der Waals surface area (Å²) < 4.78 is 0. The van der Waals surface area contributed by atoms with Crippen molar-refractivity contribution < 1.29 is 4.79 Å². The Labute approximate surface area is 234 Å². The lowest BCUT2D eigenvalue weighted by Crippen LogP contribution is -2.01. The van der Waals surface area contributed by atoms with Crippen molar-refractivity contribution in [2.24, 2.45) is 10.2 Å². The fourth-order valence-electron chi connectivity index (χ4n) is 4.43. The second kappa shape index (κ2) is 10.6. The SMILES string of the molecule is Nc1c(C(=O)c2ccccc2)sc2nc(-c3ccccc3)c(N=Nc3ccc(Cl)cc3)c(-c3ccccc3)c12. The van der Waals surface area contributed by atoms with Crippen LogP contribution in [-0.4, -0.2) is 10.8 Å². The van der Waals surface area contributed by atoms with Gasteiger partial charge in [-0.05, 0) is 29.8 Å². The van der Waals surface area contributed by atoms with Crippen LogP contribution in [0.1, 0.15) is 15.2 Å². The van der Waals surface area contributed by atoms with Gasteiger partial charge >= 0.3 is 0 Å². The van der Waals surface area contributed by atoms with E-state index in [1.165, 1.54) is 11.3 Å². The zero-order chi connectivity index (χ0) is 26.8. The summed E-state index contributed by atoms with van der Waals surface area (Å²) in [5.74, 6) is -0.138. The maximum atomic E-state index is 13.5. The molecule has 2 aromatic heterocycles. The molecule has 0 saturated carbocycles. The Kier molecular flexibility index (Phi) is 6.71. The number of ketones is 1. The highest BCUT2D eigenvalue weighted by molar-refractivity contribution is 7.21. The van der Waals surface area contributed by atoms with Crippen molar-refractivity contribution in [2.75, 3.05) is 5.73 Å². The van der Waals surface area contributed by atoms with Crippen LogP contribution in [0.5, 0.6) is 0 Å². The number of carbonyl (C=O) groups is 1. The van der Waals surface area contributed by atoms with Crippen molar-refractivity contribution in [3.63, 3.8) is 0 Å². The van der Waals surface area contributed by atoms with Crippen molar-refractivity contribution in [3.8, 4) is 22.4 Å². The number of nitrogen functional groups attached to an aromatic ring is 1. The summed E-state index contributed by atoms with van der Waals surface area (Å²) in [6, 6.07) is 36.0. The first kappa shape index (κ1) is 24.7. The van der Waals surface area contributed by atoms with E-state index in [2.05, 4.69) is 5.11 Å². The Morgan fingerprint density at radius 3 is 1.97 bits per heavy atom. The predicted molar refractivity (Wildman–Crippen MR) is 160 cm³/mol. The minimum Gasteiger partial charge on any atom is -0.397 e. The summed E-state index contributed by atoms with van der Waals surface area (Å²) in [5, 5.41) is 10.6. The van der Waals surface area contributed by atoms with Crippen LogP contribution in [0.2, 0.25) is 5.02 Å². The zero-order valence-corrected chi connectivity index (χ0v) is 22.2. The monoisotopic (exact) mass is 544 g/mol. The molecule has 0 aliphatic rings. The summed E-state index contributed by atoms with van der Waals surface area (Å²) in [6.45, 7) is 0. The van der Waals surface area contributed by atoms with E-state index in [1.54, 1.807) is 36.4 Å². The normalized spacial score (nSPS) is 11.3. The lowest BCUT2D eigenvalue weighted by atomic mass is 9.96. The third kappa shape index (κ3) is 4.83. The average Bonchev–Trinajstić information content (AvgIpc) is 3.32. The molecule has 0 aliphatic carbocycles. The van der Waals surface area contributed by atoms with Gasteiger partial charge in [0, 0.05) is 27.1 Å². The number of anilines is 1. The fraction of sp³-hybridized carbons (Fsp3) is 0. The number of carbonyl (C=O) groups excluding carboxylic acids is 1. The van der Waals surface area contributed by atoms with Gasteiger partial charge < -0.3 is 5.73 Å². The molecule has 4 aromatic carbocycles. The van der Waals surface area contributed by atoms with Crippen molar-refractivity contribution in [2.45, 2.75) is 0 Å². The third-order valence-corrected chi connectivity index (χ3v) is 7.65. The minimum atomic E-state index is -0.138. The summed E-state index contributed by atoms with van der Waals surface area (Å²) in [7, 11) is 0. The Bertz CT molecular complexity index is 1820. The molecular formula is C32H21ClN4OS. The number of halogens is 1. The van der Waals surface area contributed by atoms with Crippen molar-refractivity contribution in [1.82, 2.24) is 4.98 Å². The van der Waals surface area contributed by atoms with E-state index in [-0.39, 0.29) is 5.78 Å². The van der Waals surface area contributed by atoms with Crippen LogP contribution in [0.25, 0.3) is 32.6 Å². The topological polar surface area (TPSA) is 80.7 Å². The largest absolute Gasteiger partial charge is 0.397 e. The lowest BCUT2D eigenvalue weighted by Gasteiger charge is -2.13. The van der Waals surface area contributed by atoms with Gasteiger partial charge in [0.25, 0.3) is 0 Å². The van der Waals surface area contributed by atoms with E-state index in [4.69, 9.17) is 27.4 Å². The van der Waals surface area contributed by atoms with E-state index in [0.29, 0.717) is 48.4 Å². The number of pyridine rings is 1. The van der Waals surface area contributed by atoms with E-state index in [9.17, 15) is 4.79 Å². The molecule has 0 spiro atoms. The molecular weight excluding hydrogens is 524 g/mol.